The van der Waals surface area contributed by atoms with Gasteiger partial charge in [0, 0.05) is 11.8 Å². The number of hydrogen-bond donors (Lipinski definition) is 5. The van der Waals surface area contributed by atoms with Crippen LogP contribution < -0.4 is 11.2 Å². The number of ether oxygens (including phenoxy) is 1. The molecule has 0 aliphatic carbocycles. The van der Waals surface area contributed by atoms with Gasteiger partial charge in [-0.3, -0.25) is 18.9 Å². The summed E-state index contributed by atoms with van der Waals surface area (Å²) in [6.45, 7) is 0.446. The molecule has 29 heavy (non-hydrogen) atoms. The monoisotopic (exact) mass is 480 g/mol. The molecule has 2 saturated heterocycles. The molecule has 2 aliphatic heterocycles. The summed E-state index contributed by atoms with van der Waals surface area (Å²) in [5, 5.41) is 20.2. The van der Waals surface area contributed by atoms with E-state index in [-0.39, 0.29) is 5.56 Å². The SMILES string of the molecule is Cc1cn([C@@H]2O[C@H](COP3(=O)OP(=O)(O)OP(=O)(O)O3)C(O)[C@@H]2O)c(=O)[nH]c1=O. The van der Waals surface area contributed by atoms with Crippen molar-refractivity contribution in [3.8, 4) is 0 Å². The average molecular weight is 480 g/mol. The molecule has 0 radical (unpaired) electrons. The normalized spacial score (nSPS) is 42.8. The first-order valence-corrected chi connectivity index (χ1v) is 12.0. The van der Waals surface area contributed by atoms with Gasteiger partial charge in [-0.2, -0.15) is 12.9 Å². The average Bonchev–Trinajstić information content (AvgIpc) is 2.81. The van der Waals surface area contributed by atoms with E-state index in [1.807, 2.05) is 4.98 Å². The lowest BCUT2D eigenvalue weighted by Crippen LogP contribution is -2.38. The maximum atomic E-state index is 12.2. The molecule has 0 spiro atoms. The maximum Gasteiger partial charge on any atom is 0.492 e. The number of aromatic nitrogens is 2. The van der Waals surface area contributed by atoms with Gasteiger partial charge >= 0.3 is 29.2 Å². The standard InChI is InChI=1S/C10H15N2O14P3/c1-4-2-12(10(16)11-8(4)15)9-7(14)6(13)5(23-9)3-22-29(21)25-27(17,18)24-28(19,20)26-29/h2,5-7,9,13-14H,3H2,1H3,(H,17,18)(H,19,20)(H,11,15,16)/t5-,6?,7+,9-/m1/s1. The lowest BCUT2D eigenvalue weighted by molar-refractivity contribution is -0.0546. The van der Waals surface area contributed by atoms with Crippen molar-refractivity contribution in [3.05, 3.63) is 32.6 Å². The van der Waals surface area contributed by atoms with Crippen LogP contribution in [0.5, 0.6) is 0 Å². The van der Waals surface area contributed by atoms with Crippen molar-refractivity contribution in [2.24, 2.45) is 0 Å². The molecule has 6 atom stereocenters. The van der Waals surface area contributed by atoms with Crippen LogP contribution in [0.4, 0.5) is 0 Å². The van der Waals surface area contributed by atoms with Gasteiger partial charge in [0.2, 0.25) is 0 Å². The molecular weight excluding hydrogens is 465 g/mol. The molecule has 0 saturated carbocycles. The first-order chi connectivity index (χ1) is 13.2. The van der Waals surface area contributed by atoms with E-state index in [1.54, 1.807) is 0 Å². The molecule has 19 heteroatoms. The van der Waals surface area contributed by atoms with Gasteiger partial charge in [0.1, 0.15) is 18.3 Å². The number of H-pyrrole nitrogens is 1. The van der Waals surface area contributed by atoms with E-state index < -0.39 is 65.9 Å². The summed E-state index contributed by atoms with van der Waals surface area (Å²) in [7, 11) is -15.6. The van der Waals surface area contributed by atoms with E-state index in [0.717, 1.165) is 10.8 Å². The molecule has 16 nitrogen and oxygen atoms in total. The molecule has 5 N–H and O–H groups in total. The van der Waals surface area contributed by atoms with E-state index in [0.29, 0.717) is 0 Å². The van der Waals surface area contributed by atoms with Gasteiger partial charge in [-0.25, -0.2) is 18.5 Å². The summed E-state index contributed by atoms with van der Waals surface area (Å²) in [6, 6.07) is 0. The number of aliphatic hydroxyl groups excluding tert-OH is 2. The van der Waals surface area contributed by atoms with Crippen molar-refractivity contribution < 1.29 is 55.9 Å². The molecule has 2 aliphatic rings. The third-order valence-corrected chi connectivity index (χ3v) is 9.13. The van der Waals surface area contributed by atoms with Gasteiger partial charge in [0.25, 0.3) is 5.56 Å². The number of aliphatic hydroxyl groups is 2. The predicted octanol–water partition coefficient (Wildman–Crippen LogP) is -1.15. The highest BCUT2D eigenvalue weighted by Gasteiger charge is 2.55. The first kappa shape index (κ1) is 22.7. The highest BCUT2D eigenvalue weighted by atomic mass is 31.3. The number of rotatable bonds is 4. The molecule has 3 heterocycles. The molecule has 0 amide bonds. The van der Waals surface area contributed by atoms with Crippen molar-refractivity contribution in [1.29, 1.82) is 0 Å². The van der Waals surface area contributed by atoms with Crippen LogP contribution in [-0.4, -0.2) is 54.5 Å². The van der Waals surface area contributed by atoms with Gasteiger partial charge in [-0.05, 0) is 6.92 Å². The second-order valence-electron chi connectivity index (χ2n) is 5.95. The number of hydrogen-bond acceptors (Lipinski definition) is 12. The van der Waals surface area contributed by atoms with Crippen molar-refractivity contribution >= 4 is 23.5 Å². The van der Waals surface area contributed by atoms with E-state index in [2.05, 4.69) is 17.5 Å². The minimum atomic E-state index is -5.25. The van der Waals surface area contributed by atoms with Gasteiger partial charge in [0.05, 0.1) is 6.61 Å². The molecule has 3 unspecified atom stereocenters. The van der Waals surface area contributed by atoms with Crippen molar-refractivity contribution in [2.45, 2.75) is 31.5 Å². The zero-order valence-electron chi connectivity index (χ0n) is 14.3. The maximum absolute atomic E-state index is 12.2. The fourth-order valence-corrected chi connectivity index (χ4v) is 7.45. The number of nitrogens with zero attached hydrogens (tertiary/aromatic N) is 1. The highest BCUT2D eigenvalue weighted by molar-refractivity contribution is 7.74. The Balaban J connectivity index is 1.76. The second-order valence-corrected chi connectivity index (χ2v) is 10.9. The van der Waals surface area contributed by atoms with Crippen LogP contribution >= 0.6 is 23.5 Å². The topological polar surface area (TPSA) is 233 Å². The summed E-state index contributed by atoms with van der Waals surface area (Å²) in [6.07, 6.45) is -5.36. The number of aryl methyl sites for hydroxylation is 1. The molecule has 0 aromatic carbocycles. The molecular formula is C10H15N2O14P3. The van der Waals surface area contributed by atoms with Crippen LogP contribution in [0.1, 0.15) is 11.8 Å². The fraction of sp³-hybridized carbons (Fsp3) is 0.600. The minimum Gasteiger partial charge on any atom is -0.387 e. The Morgan fingerprint density at radius 3 is 2.28 bits per heavy atom. The number of phosphoric acid groups is 3. The van der Waals surface area contributed by atoms with Gasteiger partial charge in [-0.1, -0.05) is 0 Å². The van der Waals surface area contributed by atoms with Crippen LogP contribution in [0.15, 0.2) is 15.8 Å². The van der Waals surface area contributed by atoms with E-state index in [1.165, 1.54) is 6.92 Å². The Hall–Kier alpha value is -0.990. The molecule has 1 aromatic rings. The molecule has 164 valence electrons. The summed E-state index contributed by atoms with van der Waals surface area (Å²) < 4.78 is 57.4. The molecule has 3 rings (SSSR count). The zero-order valence-corrected chi connectivity index (χ0v) is 16.9. The van der Waals surface area contributed by atoms with Crippen LogP contribution in [0, 0.1) is 6.92 Å². The second kappa shape index (κ2) is 7.61. The Labute approximate surface area is 160 Å². The van der Waals surface area contributed by atoms with Gasteiger partial charge in [0.15, 0.2) is 6.23 Å². The molecule has 0 bridgehead atoms. The van der Waals surface area contributed by atoms with Crippen LogP contribution in [0.3, 0.4) is 0 Å². The number of nitrogens with one attached hydrogen (secondary N) is 1. The zero-order chi connectivity index (χ0) is 21.8. The Morgan fingerprint density at radius 2 is 1.69 bits per heavy atom. The summed E-state index contributed by atoms with van der Waals surface area (Å²) >= 11 is 0. The smallest absolute Gasteiger partial charge is 0.387 e. The molecule has 1 aromatic heterocycles. The molecule has 2 fully saturated rings. The minimum absolute atomic E-state index is 0.0976. The summed E-state index contributed by atoms with van der Waals surface area (Å²) in [4.78, 5) is 43.7. The van der Waals surface area contributed by atoms with Crippen LogP contribution in [0.2, 0.25) is 0 Å². The fourth-order valence-electron chi connectivity index (χ4n) is 2.51. The Kier molecular flexibility index (Phi) is 5.95. The third kappa shape index (κ3) is 4.85. The van der Waals surface area contributed by atoms with E-state index in [9.17, 15) is 33.5 Å². The lowest BCUT2D eigenvalue weighted by atomic mass is 10.1. The highest BCUT2D eigenvalue weighted by Crippen LogP contribution is 2.80. The van der Waals surface area contributed by atoms with E-state index >= 15 is 0 Å². The quantitative estimate of drug-likeness (QED) is 0.320. The largest absolute Gasteiger partial charge is 0.492 e. The number of aromatic amines is 1. The van der Waals surface area contributed by atoms with Crippen molar-refractivity contribution in [2.75, 3.05) is 6.61 Å². The van der Waals surface area contributed by atoms with Crippen LogP contribution in [-0.2, 0) is 35.9 Å². The van der Waals surface area contributed by atoms with E-state index in [4.69, 9.17) is 14.5 Å². The Morgan fingerprint density at radius 1 is 1.10 bits per heavy atom. The van der Waals surface area contributed by atoms with Crippen molar-refractivity contribution in [1.82, 2.24) is 9.55 Å². The first-order valence-electron chi connectivity index (χ1n) is 7.60. The lowest BCUT2D eigenvalue weighted by Gasteiger charge is -2.27. The summed E-state index contributed by atoms with van der Waals surface area (Å²) in [5.74, 6) is 0. The predicted molar refractivity (Wildman–Crippen MR) is 88.4 cm³/mol. The van der Waals surface area contributed by atoms with Gasteiger partial charge in [-0.15, -0.1) is 0 Å². The van der Waals surface area contributed by atoms with Crippen LogP contribution in [0.25, 0.3) is 0 Å². The third-order valence-electron chi connectivity index (χ3n) is 3.77. The van der Waals surface area contributed by atoms with Crippen molar-refractivity contribution in [3.63, 3.8) is 0 Å². The Bertz CT molecular complexity index is 1040. The van der Waals surface area contributed by atoms with Gasteiger partial charge < -0.3 is 24.7 Å². The summed E-state index contributed by atoms with van der Waals surface area (Å²) in [5.41, 5.74) is -1.53.